The molecule has 0 saturated carbocycles. The molecule has 2 aromatic carbocycles. The average Bonchev–Trinajstić information content (AvgIpc) is 3.07. The minimum Gasteiger partial charge on any atom is -0.497 e. The zero-order valence-electron chi connectivity index (χ0n) is 12.7. The van der Waals surface area contributed by atoms with Crippen molar-refractivity contribution in [2.75, 3.05) is 7.11 Å². The molecule has 122 valence electrons. The molecule has 7 heteroatoms. The van der Waals surface area contributed by atoms with Crippen molar-refractivity contribution in [1.82, 2.24) is 15.3 Å². The van der Waals surface area contributed by atoms with Crippen molar-refractivity contribution >= 4 is 5.91 Å². The Balaban J connectivity index is 2.13. The molecule has 0 aliphatic carbocycles. The van der Waals surface area contributed by atoms with E-state index in [9.17, 15) is 9.18 Å². The van der Waals surface area contributed by atoms with Crippen LogP contribution in [0.5, 0.6) is 5.75 Å². The zero-order chi connectivity index (χ0) is 17.1. The van der Waals surface area contributed by atoms with Gasteiger partial charge < -0.3 is 4.74 Å². The second-order valence-corrected chi connectivity index (χ2v) is 4.97. The smallest absolute Gasteiger partial charge is 0.295 e. The van der Waals surface area contributed by atoms with Gasteiger partial charge >= 0.3 is 0 Å². The molecule has 1 aromatic heterocycles. The largest absolute Gasteiger partial charge is 0.497 e. The fourth-order valence-corrected chi connectivity index (χ4v) is 2.30. The van der Waals surface area contributed by atoms with Gasteiger partial charge in [0, 0.05) is 5.56 Å². The third-order valence-electron chi connectivity index (χ3n) is 3.50. The van der Waals surface area contributed by atoms with Gasteiger partial charge in [-0.05, 0) is 54.6 Å². The van der Waals surface area contributed by atoms with E-state index in [2.05, 4.69) is 5.10 Å². The van der Waals surface area contributed by atoms with Crippen molar-refractivity contribution in [2.45, 2.75) is 0 Å². The van der Waals surface area contributed by atoms with Crippen LogP contribution in [0.4, 0.5) is 4.39 Å². The number of halogens is 1. The number of carbonyl (C=O) groups excluding carboxylic acids is 1. The Kier molecular flexibility index (Phi) is 4.26. The Morgan fingerprint density at radius 3 is 2.42 bits per heavy atom. The van der Waals surface area contributed by atoms with Gasteiger partial charge in [-0.2, -0.15) is 5.10 Å². The van der Waals surface area contributed by atoms with E-state index in [1.165, 1.54) is 22.9 Å². The first kappa shape index (κ1) is 15.7. The van der Waals surface area contributed by atoms with Crippen LogP contribution < -0.4 is 10.2 Å². The highest BCUT2D eigenvalue weighted by Crippen LogP contribution is 2.25. The Morgan fingerprint density at radius 2 is 1.83 bits per heavy atom. The first-order valence-electron chi connectivity index (χ1n) is 7.07. The summed E-state index contributed by atoms with van der Waals surface area (Å²) in [6, 6.07) is 14.4. The highest BCUT2D eigenvalue weighted by Gasteiger charge is 2.16. The number of methoxy groups -OCH3 is 1. The Labute approximate surface area is 137 Å². The standard InChI is InChI=1S/C17H14FN3O3/c1-24-14-8-6-13(7-9-14)21-16(10-15(19-21)17(22)20-23)11-2-4-12(18)5-3-11/h2-10,23H,1H3,(H,20,22). The maximum absolute atomic E-state index is 13.2. The van der Waals surface area contributed by atoms with Crippen LogP contribution in [-0.2, 0) is 0 Å². The fourth-order valence-electron chi connectivity index (χ4n) is 2.30. The van der Waals surface area contributed by atoms with Crippen LogP contribution in [-0.4, -0.2) is 28.0 Å². The van der Waals surface area contributed by atoms with Crippen molar-refractivity contribution in [2.24, 2.45) is 0 Å². The molecular formula is C17H14FN3O3. The lowest BCUT2D eigenvalue weighted by atomic mass is 10.1. The molecule has 2 N–H and O–H groups in total. The summed E-state index contributed by atoms with van der Waals surface area (Å²) < 4.78 is 19.8. The molecule has 1 amide bonds. The lowest BCUT2D eigenvalue weighted by molar-refractivity contribution is 0.0700. The summed E-state index contributed by atoms with van der Waals surface area (Å²) in [6.07, 6.45) is 0. The number of rotatable bonds is 4. The van der Waals surface area contributed by atoms with Crippen molar-refractivity contribution in [3.05, 3.63) is 66.1 Å². The summed E-state index contributed by atoms with van der Waals surface area (Å²) in [4.78, 5) is 11.7. The number of nitrogens with zero attached hydrogens (tertiary/aromatic N) is 2. The van der Waals surface area contributed by atoms with E-state index >= 15 is 0 Å². The Morgan fingerprint density at radius 1 is 1.17 bits per heavy atom. The van der Waals surface area contributed by atoms with E-state index in [4.69, 9.17) is 9.94 Å². The molecular weight excluding hydrogens is 313 g/mol. The summed E-state index contributed by atoms with van der Waals surface area (Å²) in [7, 11) is 1.57. The SMILES string of the molecule is COc1ccc(-n2nc(C(=O)NO)cc2-c2ccc(F)cc2)cc1. The van der Waals surface area contributed by atoms with Crippen LogP contribution in [0.25, 0.3) is 16.9 Å². The molecule has 0 radical (unpaired) electrons. The first-order chi connectivity index (χ1) is 11.6. The predicted molar refractivity (Wildman–Crippen MR) is 84.8 cm³/mol. The third kappa shape index (κ3) is 2.97. The zero-order valence-corrected chi connectivity index (χ0v) is 12.7. The summed E-state index contributed by atoms with van der Waals surface area (Å²) in [5.41, 5.74) is 3.54. The van der Waals surface area contributed by atoms with Crippen LogP contribution in [0.3, 0.4) is 0 Å². The number of benzene rings is 2. The second kappa shape index (κ2) is 6.51. The van der Waals surface area contributed by atoms with E-state index in [1.807, 2.05) is 0 Å². The third-order valence-corrected chi connectivity index (χ3v) is 3.50. The quantitative estimate of drug-likeness (QED) is 0.571. The van der Waals surface area contributed by atoms with E-state index in [1.54, 1.807) is 49.0 Å². The molecule has 3 rings (SSSR count). The van der Waals surface area contributed by atoms with Crippen molar-refractivity contribution in [3.63, 3.8) is 0 Å². The maximum Gasteiger partial charge on any atom is 0.295 e. The van der Waals surface area contributed by atoms with Gasteiger partial charge in [-0.1, -0.05) is 0 Å². The number of aromatic nitrogens is 2. The molecule has 3 aromatic rings. The summed E-state index contributed by atoms with van der Waals surface area (Å²) in [5.74, 6) is -0.407. The molecule has 0 spiro atoms. The summed E-state index contributed by atoms with van der Waals surface area (Å²) >= 11 is 0. The molecule has 0 unspecified atom stereocenters. The number of hydrogen-bond acceptors (Lipinski definition) is 4. The number of carbonyl (C=O) groups is 1. The highest BCUT2D eigenvalue weighted by molar-refractivity contribution is 5.92. The minimum absolute atomic E-state index is 0.0349. The second-order valence-electron chi connectivity index (χ2n) is 4.97. The fraction of sp³-hybridized carbons (Fsp3) is 0.0588. The first-order valence-corrected chi connectivity index (χ1v) is 7.07. The van der Waals surface area contributed by atoms with Gasteiger partial charge in [-0.25, -0.2) is 14.6 Å². The van der Waals surface area contributed by atoms with E-state index < -0.39 is 5.91 Å². The Bertz CT molecular complexity index is 858. The molecule has 0 saturated heterocycles. The average molecular weight is 327 g/mol. The maximum atomic E-state index is 13.2. The molecule has 0 atom stereocenters. The number of hydrogen-bond donors (Lipinski definition) is 2. The lowest BCUT2D eigenvalue weighted by Gasteiger charge is -2.08. The van der Waals surface area contributed by atoms with Gasteiger partial charge in [0.2, 0.25) is 0 Å². The van der Waals surface area contributed by atoms with E-state index in [-0.39, 0.29) is 11.5 Å². The van der Waals surface area contributed by atoms with Gasteiger partial charge in [0.15, 0.2) is 5.69 Å². The number of ether oxygens (including phenoxy) is 1. The monoisotopic (exact) mass is 327 g/mol. The molecule has 0 aliphatic rings. The van der Waals surface area contributed by atoms with Crippen molar-refractivity contribution in [1.29, 1.82) is 0 Å². The molecule has 0 aliphatic heterocycles. The summed E-state index contributed by atoms with van der Waals surface area (Å²) in [5, 5.41) is 13.0. The normalized spacial score (nSPS) is 10.5. The molecule has 24 heavy (non-hydrogen) atoms. The van der Waals surface area contributed by atoms with Crippen LogP contribution in [0, 0.1) is 5.82 Å². The van der Waals surface area contributed by atoms with Gasteiger partial charge in [0.25, 0.3) is 5.91 Å². The van der Waals surface area contributed by atoms with Crippen molar-refractivity contribution < 1.29 is 19.1 Å². The minimum atomic E-state index is -0.731. The topological polar surface area (TPSA) is 76.4 Å². The lowest BCUT2D eigenvalue weighted by Crippen LogP contribution is -2.19. The number of amides is 1. The predicted octanol–water partition coefficient (Wildman–Crippen LogP) is 2.81. The molecule has 0 fully saturated rings. The van der Waals surface area contributed by atoms with Gasteiger partial charge in [-0.3, -0.25) is 10.0 Å². The molecule has 0 bridgehead atoms. The molecule has 1 heterocycles. The van der Waals surface area contributed by atoms with Crippen LogP contribution in [0.15, 0.2) is 54.6 Å². The van der Waals surface area contributed by atoms with Gasteiger partial charge in [-0.15, -0.1) is 0 Å². The van der Waals surface area contributed by atoms with Gasteiger partial charge in [0.05, 0.1) is 18.5 Å². The summed E-state index contributed by atoms with van der Waals surface area (Å²) in [6.45, 7) is 0. The van der Waals surface area contributed by atoms with Crippen LogP contribution in [0.2, 0.25) is 0 Å². The number of nitrogens with one attached hydrogen (secondary N) is 1. The van der Waals surface area contributed by atoms with Crippen LogP contribution in [0.1, 0.15) is 10.5 Å². The Hall–Kier alpha value is -3.19. The number of hydroxylamine groups is 1. The van der Waals surface area contributed by atoms with E-state index in [0.717, 1.165) is 0 Å². The highest BCUT2D eigenvalue weighted by atomic mass is 19.1. The van der Waals surface area contributed by atoms with Gasteiger partial charge in [0.1, 0.15) is 11.6 Å². The molecule has 6 nitrogen and oxygen atoms in total. The van der Waals surface area contributed by atoms with E-state index in [0.29, 0.717) is 22.7 Å². The van der Waals surface area contributed by atoms with Crippen molar-refractivity contribution in [3.8, 4) is 22.7 Å². The van der Waals surface area contributed by atoms with Crippen LogP contribution >= 0.6 is 0 Å².